The topological polar surface area (TPSA) is 66.4 Å². The van der Waals surface area contributed by atoms with Crippen molar-refractivity contribution in [3.8, 4) is 0 Å². The fraction of sp³-hybridized carbons (Fsp3) is 1.00. The molecule has 2 N–H and O–H groups in total. The minimum atomic E-state index is -4.03. The Morgan fingerprint density at radius 1 is 1.45 bits per heavy atom. The zero-order chi connectivity index (χ0) is 9.07. The normalized spacial score (nSPS) is 17.8. The summed E-state index contributed by atoms with van der Waals surface area (Å²) in [5.41, 5.74) is 0. The van der Waals surface area contributed by atoms with E-state index in [4.69, 9.17) is 4.55 Å². The molecule has 0 heterocycles. The molecule has 0 saturated carbocycles. The smallest absolute Gasteiger partial charge is 0.273 e. The van der Waals surface area contributed by atoms with E-state index in [0.29, 0.717) is 0 Å². The standard InChI is InChI=1S/C6H15NO3S/c1-4-5(2)6(3)7-11(8,9)10/h5-7H,4H2,1-3H3,(H,8,9,10). The van der Waals surface area contributed by atoms with Gasteiger partial charge in [-0.25, -0.2) is 0 Å². The fourth-order valence-electron chi connectivity index (χ4n) is 0.705. The maximum atomic E-state index is 10.3. The van der Waals surface area contributed by atoms with Gasteiger partial charge >= 0.3 is 10.3 Å². The molecule has 0 fully saturated rings. The van der Waals surface area contributed by atoms with Crippen LogP contribution in [-0.2, 0) is 10.3 Å². The molecule has 11 heavy (non-hydrogen) atoms. The van der Waals surface area contributed by atoms with Crippen LogP contribution in [0.2, 0.25) is 0 Å². The van der Waals surface area contributed by atoms with Crippen LogP contribution < -0.4 is 4.72 Å². The van der Waals surface area contributed by atoms with Crippen LogP contribution >= 0.6 is 0 Å². The average Bonchev–Trinajstić information content (AvgIpc) is 1.82. The van der Waals surface area contributed by atoms with Crippen LogP contribution in [0.4, 0.5) is 0 Å². The first-order chi connectivity index (χ1) is 4.87. The molecule has 0 spiro atoms. The summed E-state index contributed by atoms with van der Waals surface area (Å²) in [6.45, 7) is 5.61. The molecule has 0 aromatic carbocycles. The molecule has 0 radical (unpaired) electrons. The van der Waals surface area contributed by atoms with Crippen molar-refractivity contribution in [2.45, 2.75) is 33.2 Å². The Kier molecular flexibility index (Phi) is 3.99. The Hall–Kier alpha value is -0.130. The number of rotatable bonds is 4. The van der Waals surface area contributed by atoms with Crippen LogP contribution in [0.25, 0.3) is 0 Å². The summed E-state index contributed by atoms with van der Waals surface area (Å²) in [6.07, 6.45) is 0.879. The first kappa shape index (κ1) is 10.9. The van der Waals surface area contributed by atoms with E-state index in [0.717, 1.165) is 6.42 Å². The number of hydrogen-bond donors (Lipinski definition) is 2. The van der Waals surface area contributed by atoms with Crippen LogP contribution in [0.3, 0.4) is 0 Å². The Balaban J connectivity index is 3.98. The summed E-state index contributed by atoms with van der Waals surface area (Å²) >= 11 is 0. The van der Waals surface area contributed by atoms with Gasteiger partial charge in [-0.3, -0.25) is 4.55 Å². The second-order valence-corrected chi connectivity index (χ2v) is 3.95. The average molecular weight is 181 g/mol. The Labute approximate surface area is 67.9 Å². The van der Waals surface area contributed by atoms with Crippen molar-refractivity contribution in [3.05, 3.63) is 0 Å². The zero-order valence-electron chi connectivity index (χ0n) is 7.03. The van der Waals surface area contributed by atoms with Gasteiger partial charge in [0.05, 0.1) is 0 Å². The largest absolute Gasteiger partial charge is 0.333 e. The lowest BCUT2D eigenvalue weighted by atomic mass is 10.0. The van der Waals surface area contributed by atoms with Crippen LogP contribution in [-0.4, -0.2) is 19.0 Å². The molecule has 2 unspecified atom stereocenters. The van der Waals surface area contributed by atoms with Gasteiger partial charge in [0.25, 0.3) is 0 Å². The predicted octanol–water partition coefficient (Wildman–Crippen LogP) is 0.813. The van der Waals surface area contributed by atoms with Gasteiger partial charge in [-0.15, -0.1) is 0 Å². The van der Waals surface area contributed by atoms with Crippen molar-refractivity contribution >= 4 is 10.3 Å². The van der Waals surface area contributed by atoms with Crippen molar-refractivity contribution in [1.82, 2.24) is 4.72 Å². The molecule has 0 aromatic heterocycles. The molecule has 0 aliphatic rings. The van der Waals surface area contributed by atoms with E-state index in [2.05, 4.69) is 4.72 Å². The van der Waals surface area contributed by atoms with Crippen molar-refractivity contribution in [3.63, 3.8) is 0 Å². The summed E-state index contributed by atoms with van der Waals surface area (Å²) in [5.74, 6) is 0.233. The molecular formula is C6H15NO3S. The van der Waals surface area contributed by atoms with Gasteiger partial charge in [0.2, 0.25) is 0 Å². The molecule has 0 saturated heterocycles. The minimum absolute atomic E-state index is 0.213. The third kappa shape index (κ3) is 5.17. The van der Waals surface area contributed by atoms with Crippen molar-refractivity contribution < 1.29 is 13.0 Å². The van der Waals surface area contributed by atoms with E-state index in [-0.39, 0.29) is 12.0 Å². The van der Waals surface area contributed by atoms with Gasteiger partial charge in [0, 0.05) is 6.04 Å². The molecule has 0 bridgehead atoms. The van der Waals surface area contributed by atoms with Crippen LogP contribution in [0.1, 0.15) is 27.2 Å². The van der Waals surface area contributed by atoms with Crippen LogP contribution in [0.15, 0.2) is 0 Å². The molecular weight excluding hydrogens is 166 g/mol. The van der Waals surface area contributed by atoms with E-state index in [1.54, 1.807) is 6.92 Å². The monoisotopic (exact) mass is 181 g/mol. The summed E-state index contributed by atoms with van der Waals surface area (Å²) in [7, 11) is -4.03. The van der Waals surface area contributed by atoms with E-state index in [1.807, 2.05) is 13.8 Å². The third-order valence-electron chi connectivity index (χ3n) is 1.83. The highest BCUT2D eigenvalue weighted by molar-refractivity contribution is 7.83. The van der Waals surface area contributed by atoms with Gasteiger partial charge in [-0.1, -0.05) is 20.3 Å². The molecule has 68 valence electrons. The highest BCUT2D eigenvalue weighted by atomic mass is 32.2. The van der Waals surface area contributed by atoms with Crippen molar-refractivity contribution in [2.75, 3.05) is 0 Å². The fourth-order valence-corrected chi connectivity index (χ4v) is 1.41. The van der Waals surface area contributed by atoms with E-state index in [1.165, 1.54) is 0 Å². The highest BCUT2D eigenvalue weighted by Crippen LogP contribution is 2.06. The lowest BCUT2D eigenvalue weighted by molar-refractivity contribution is 0.402. The Morgan fingerprint density at radius 2 is 1.91 bits per heavy atom. The number of hydrogen-bond acceptors (Lipinski definition) is 2. The number of nitrogens with one attached hydrogen (secondary N) is 1. The van der Waals surface area contributed by atoms with Gasteiger partial charge in [-0.2, -0.15) is 13.1 Å². The molecule has 4 nitrogen and oxygen atoms in total. The molecule has 0 amide bonds. The van der Waals surface area contributed by atoms with E-state index in [9.17, 15) is 8.42 Å². The molecule has 0 rings (SSSR count). The zero-order valence-corrected chi connectivity index (χ0v) is 7.85. The molecule has 5 heteroatoms. The Morgan fingerprint density at radius 3 is 2.18 bits per heavy atom. The molecule has 0 aliphatic heterocycles. The molecule has 2 atom stereocenters. The van der Waals surface area contributed by atoms with E-state index < -0.39 is 10.3 Å². The minimum Gasteiger partial charge on any atom is -0.273 e. The predicted molar refractivity (Wildman–Crippen MR) is 43.6 cm³/mol. The molecule has 0 aromatic rings. The maximum absolute atomic E-state index is 10.3. The highest BCUT2D eigenvalue weighted by Gasteiger charge is 2.14. The SMILES string of the molecule is CCC(C)C(C)NS(=O)(=O)O. The first-order valence-electron chi connectivity index (χ1n) is 3.61. The second-order valence-electron chi connectivity index (χ2n) is 2.77. The quantitative estimate of drug-likeness (QED) is 0.631. The van der Waals surface area contributed by atoms with Gasteiger partial charge < -0.3 is 0 Å². The first-order valence-corrected chi connectivity index (χ1v) is 5.05. The van der Waals surface area contributed by atoms with Gasteiger partial charge in [-0.05, 0) is 12.8 Å². The Bertz CT molecular complexity index is 200. The van der Waals surface area contributed by atoms with Crippen molar-refractivity contribution in [1.29, 1.82) is 0 Å². The van der Waals surface area contributed by atoms with Crippen LogP contribution in [0, 0.1) is 5.92 Å². The lowest BCUT2D eigenvalue weighted by Gasteiger charge is -2.17. The maximum Gasteiger partial charge on any atom is 0.333 e. The van der Waals surface area contributed by atoms with E-state index >= 15 is 0 Å². The summed E-state index contributed by atoms with van der Waals surface area (Å²) in [6, 6.07) is -0.213. The summed E-state index contributed by atoms with van der Waals surface area (Å²) in [5, 5.41) is 0. The van der Waals surface area contributed by atoms with Gasteiger partial charge in [0.15, 0.2) is 0 Å². The molecule has 0 aliphatic carbocycles. The summed E-state index contributed by atoms with van der Waals surface area (Å²) in [4.78, 5) is 0. The second kappa shape index (κ2) is 4.04. The van der Waals surface area contributed by atoms with Crippen LogP contribution in [0.5, 0.6) is 0 Å². The third-order valence-corrected chi connectivity index (χ3v) is 2.50. The lowest BCUT2D eigenvalue weighted by Crippen LogP contribution is -2.36. The van der Waals surface area contributed by atoms with Crippen molar-refractivity contribution in [2.24, 2.45) is 5.92 Å². The summed E-state index contributed by atoms with van der Waals surface area (Å²) < 4.78 is 31.1. The van der Waals surface area contributed by atoms with Gasteiger partial charge in [0.1, 0.15) is 0 Å².